The second-order valence-corrected chi connectivity index (χ2v) is 9.07. The first-order valence-corrected chi connectivity index (χ1v) is 12.3. The Morgan fingerprint density at radius 1 is 1.08 bits per heavy atom. The lowest BCUT2D eigenvalue weighted by Crippen LogP contribution is -2.32. The molecule has 184 valence electrons. The first-order valence-electron chi connectivity index (χ1n) is 12.3. The number of benzene rings is 2. The first-order chi connectivity index (χ1) is 17.6. The summed E-state index contributed by atoms with van der Waals surface area (Å²) in [7, 11) is 1.57. The number of halogens is 1. The molecule has 0 aliphatic carbocycles. The van der Waals surface area contributed by atoms with Gasteiger partial charge in [-0.25, -0.2) is 9.37 Å². The highest BCUT2D eigenvalue weighted by Gasteiger charge is 2.23. The minimum atomic E-state index is -0.155. The number of piperidine rings is 1. The number of fused-ring (bicyclic) bond motifs is 1. The molecule has 1 aliphatic heterocycles. The molecule has 0 atom stereocenters. The van der Waals surface area contributed by atoms with Gasteiger partial charge >= 0.3 is 0 Å². The molecule has 0 spiro atoms. The number of aromatic nitrogens is 2. The van der Waals surface area contributed by atoms with Crippen LogP contribution in [0.5, 0.6) is 0 Å². The molecule has 2 aromatic carbocycles. The molecule has 1 N–H and O–H groups in total. The monoisotopic (exact) mass is 481 g/mol. The Hall–Kier alpha value is -3.95. The van der Waals surface area contributed by atoms with Crippen molar-refractivity contribution in [1.29, 1.82) is 5.26 Å². The molecule has 0 bridgehead atoms. The van der Waals surface area contributed by atoms with Crippen LogP contribution in [0.2, 0.25) is 0 Å². The summed E-state index contributed by atoms with van der Waals surface area (Å²) in [6, 6.07) is 19.9. The average molecular weight is 482 g/mol. The Bertz CT molecular complexity index is 1330. The number of hydrogen-bond acceptors (Lipinski definition) is 4. The molecule has 2 aromatic heterocycles. The van der Waals surface area contributed by atoms with Gasteiger partial charge in [0.2, 0.25) is 0 Å². The zero-order valence-electron chi connectivity index (χ0n) is 20.7. The Morgan fingerprint density at radius 3 is 2.50 bits per heavy atom. The van der Waals surface area contributed by atoms with Gasteiger partial charge in [0, 0.05) is 37.9 Å². The fourth-order valence-corrected chi connectivity index (χ4v) is 4.85. The van der Waals surface area contributed by atoms with E-state index in [0.29, 0.717) is 5.92 Å². The van der Waals surface area contributed by atoms with Gasteiger partial charge in [-0.1, -0.05) is 49.1 Å². The minimum Gasteiger partial charge on any atom is -0.328 e. The molecule has 1 fully saturated rings. The molecule has 0 saturated carbocycles. The summed E-state index contributed by atoms with van der Waals surface area (Å²) in [5.41, 5.74) is 5.90. The van der Waals surface area contributed by atoms with Crippen molar-refractivity contribution in [1.82, 2.24) is 19.8 Å². The van der Waals surface area contributed by atoms with E-state index in [4.69, 9.17) is 10.2 Å². The number of likely N-dealkylation sites (tertiary alicyclic amines) is 1. The van der Waals surface area contributed by atoms with E-state index in [1.807, 2.05) is 18.3 Å². The summed E-state index contributed by atoms with van der Waals surface area (Å²) in [6.07, 6.45) is 9.88. The Morgan fingerprint density at radius 2 is 1.83 bits per heavy atom. The van der Waals surface area contributed by atoms with E-state index in [-0.39, 0.29) is 5.82 Å². The highest BCUT2D eigenvalue weighted by molar-refractivity contribution is 5.80. The van der Waals surface area contributed by atoms with Crippen LogP contribution in [0.1, 0.15) is 41.0 Å². The topological polar surface area (TPSA) is 56.9 Å². The van der Waals surface area contributed by atoms with Gasteiger partial charge in [0.05, 0.1) is 0 Å². The van der Waals surface area contributed by atoms with Gasteiger partial charge < -0.3 is 9.88 Å². The van der Waals surface area contributed by atoms with E-state index in [0.717, 1.165) is 55.8 Å². The molecule has 5 rings (SSSR count). The van der Waals surface area contributed by atoms with Crippen LogP contribution in [0.3, 0.4) is 0 Å². The van der Waals surface area contributed by atoms with E-state index < -0.39 is 0 Å². The van der Waals surface area contributed by atoms with Crippen LogP contribution < -0.4 is 5.32 Å². The molecule has 1 saturated heterocycles. The summed E-state index contributed by atoms with van der Waals surface area (Å²) >= 11 is 0. The van der Waals surface area contributed by atoms with E-state index >= 15 is 0 Å². The summed E-state index contributed by atoms with van der Waals surface area (Å²) in [4.78, 5) is 7.14. The Labute approximate surface area is 212 Å². The SMILES string of the molecule is C=Cc1ccc(Cn2ccc3c(C4CCN(Cc5cccc(F)c5)CC4)ccnc32)cc1.CNC#N. The van der Waals surface area contributed by atoms with Crippen LogP contribution in [0, 0.1) is 17.3 Å². The minimum absolute atomic E-state index is 0.155. The third kappa shape index (κ3) is 6.18. The zero-order chi connectivity index (χ0) is 25.3. The maximum absolute atomic E-state index is 13.5. The van der Waals surface area contributed by atoms with Crippen LogP contribution in [-0.2, 0) is 13.1 Å². The number of nitrogens with zero attached hydrogens (tertiary/aromatic N) is 4. The highest BCUT2D eigenvalue weighted by atomic mass is 19.1. The molecule has 5 nitrogen and oxygen atoms in total. The highest BCUT2D eigenvalue weighted by Crippen LogP contribution is 2.33. The predicted octanol–water partition coefficient (Wildman–Crippen LogP) is 5.93. The molecule has 0 radical (unpaired) electrons. The molecular weight excluding hydrogens is 449 g/mol. The maximum Gasteiger partial charge on any atom is 0.176 e. The molecular formula is C30H32FN5. The standard InChI is InChI=1S/C28H28FN3.C2H4N2/c1-2-21-6-8-22(9-7-21)20-32-17-13-27-26(10-14-30-28(27)32)24-11-15-31(16-12-24)19-23-4-3-5-25(29)18-23;1-4-2-3/h2-10,13-14,17-18,24H,1,11-12,15-16,19-20H2;4H,1H3. The van der Waals surface area contributed by atoms with Gasteiger partial charge in [0.25, 0.3) is 0 Å². The largest absolute Gasteiger partial charge is 0.328 e. The van der Waals surface area contributed by atoms with Crippen LogP contribution in [0.4, 0.5) is 4.39 Å². The fraction of sp³-hybridized carbons (Fsp3) is 0.267. The summed E-state index contributed by atoms with van der Waals surface area (Å²) in [6.45, 7) is 7.51. The van der Waals surface area contributed by atoms with Gasteiger partial charge in [0.1, 0.15) is 11.5 Å². The average Bonchev–Trinajstić information content (AvgIpc) is 3.32. The predicted molar refractivity (Wildman–Crippen MR) is 144 cm³/mol. The lowest BCUT2D eigenvalue weighted by atomic mass is 9.88. The quantitative estimate of drug-likeness (QED) is 0.274. The Balaban J connectivity index is 0.000000709. The lowest BCUT2D eigenvalue weighted by molar-refractivity contribution is 0.205. The van der Waals surface area contributed by atoms with Gasteiger partial charge in [0.15, 0.2) is 6.19 Å². The van der Waals surface area contributed by atoms with Crippen LogP contribution in [-0.4, -0.2) is 34.6 Å². The van der Waals surface area contributed by atoms with Crippen molar-refractivity contribution in [3.8, 4) is 6.19 Å². The number of nitrogens with one attached hydrogen (secondary N) is 1. The van der Waals surface area contributed by atoms with Gasteiger partial charge in [-0.3, -0.25) is 4.90 Å². The zero-order valence-corrected chi connectivity index (χ0v) is 20.7. The van der Waals surface area contributed by atoms with Crippen molar-refractivity contribution >= 4 is 17.1 Å². The van der Waals surface area contributed by atoms with Crippen LogP contribution >= 0.6 is 0 Å². The van der Waals surface area contributed by atoms with Crippen LogP contribution in [0.15, 0.2) is 79.6 Å². The molecule has 0 unspecified atom stereocenters. The second kappa shape index (κ2) is 12.1. The van der Waals surface area contributed by atoms with E-state index in [2.05, 4.69) is 64.0 Å². The summed E-state index contributed by atoms with van der Waals surface area (Å²) < 4.78 is 15.7. The Kier molecular flexibility index (Phi) is 8.48. The first kappa shape index (κ1) is 25.2. The lowest BCUT2D eigenvalue weighted by Gasteiger charge is -2.32. The maximum atomic E-state index is 13.5. The van der Waals surface area contributed by atoms with Crippen molar-refractivity contribution in [2.75, 3.05) is 20.1 Å². The summed E-state index contributed by atoms with van der Waals surface area (Å²) in [5, 5.41) is 11.0. The van der Waals surface area contributed by atoms with Gasteiger partial charge in [-0.15, -0.1) is 0 Å². The molecule has 3 heterocycles. The van der Waals surface area contributed by atoms with Crippen molar-refractivity contribution in [2.24, 2.45) is 0 Å². The summed E-state index contributed by atoms with van der Waals surface area (Å²) in [5.74, 6) is 0.379. The molecule has 6 heteroatoms. The smallest absolute Gasteiger partial charge is 0.176 e. The van der Waals surface area contributed by atoms with Crippen molar-refractivity contribution < 1.29 is 4.39 Å². The number of rotatable bonds is 6. The van der Waals surface area contributed by atoms with Crippen molar-refractivity contribution in [3.63, 3.8) is 0 Å². The molecule has 36 heavy (non-hydrogen) atoms. The van der Waals surface area contributed by atoms with Gasteiger partial charge in [-0.2, -0.15) is 5.26 Å². The molecule has 0 amide bonds. The van der Waals surface area contributed by atoms with Crippen molar-refractivity contribution in [2.45, 2.75) is 31.8 Å². The molecule has 1 aliphatic rings. The van der Waals surface area contributed by atoms with Crippen molar-refractivity contribution in [3.05, 3.63) is 108 Å². The second-order valence-electron chi connectivity index (χ2n) is 9.07. The van der Waals surface area contributed by atoms with E-state index in [1.54, 1.807) is 25.4 Å². The molecule has 4 aromatic rings. The third-order valence-corrected chi connectivity index (χ3v) is 6.70. The van der Waals surface area contributed by atoms with Crippen LogP contribution in [0.25, 0.3) is 17.1 Å². The fourth-order valence-electron chi connectivity index (χ4n) is 4.85. The number of hydrogen-bond donors (Lipinski definition) is 1. The third-order valence-electron chi connectivity index (χ3n) is 6.70. The normalized spacial score (nSPS) is 14.0. The number of pyridine rings is 1. The number of nitriles is 1. The van der Waals surface area contributed by atoms with E-state index in [9.17, 15) is 4.39 Å². The van der Waals surface area contributed by atoms with E-state index in [1.165, 1.54) is 22.6 Å². The van der Waals surface area contributed by atoms with Gasteiger partial charge in [-0.05, 0) is 78.4 Å².